The SMILES string of the molecule is CC1CCc2c(sc3nc(SCc4nnc(C5CC5)o4)n(-c4ccccc4F)c(=O)c23)C1. The Bertz CT molecular complexity index is 1390. The van der Waals surface area contributed by atoms with Gasteiger partial charge in [0.15, 0.2) is 5.16 Å². The predicted molar refractivity (Wildman–Crippen MR) is 122 cm³/mol. The summed E-state index contributed by atoms with van der Waals surface area (Å²) in [6, 6.07) is 6.33. The molecule has 0 N–H and O–H groups in total. The maximum absolute atomic E-state index is 14.8. The van der Waals surface area contributed by atoms with Crippen LogP contribution in [0.15, 0.2) is 38.6 Å². The molecule has 1 fully saturated rings. The highest BCUT2D eigenvalue weighted by atomic mass is 32.2. The first-order valence-electron chi connectivity index (χ1n) is 10.9. The van der Waals surface area contributed by atoms with Crippen LogP contribution in [0.4, 0.5) is 4.39 Å². The Morgan fingerprint density at radius 1 is 1.25 bits per heavy atom. The van der Waals surface area contributed by atoms with Gasteiger partial charge in [-0.25, -0.2) is 9.37 Å². The molecule has 0 amide bonds. The second-order valence-electron chi connectivity index (χ2n) is 8.62. The monoisotopic (exact) mass is 468 g/mol. The Morgan fingerprint density at radius 3 is 2.91 bits per heavy atom. The second-order valence-corrected chi connectivity index (χ2v) is 10.6. The molecular formula is C23H21FN4O2S2. The Balaban J connectivity index is 1.47. The van der Waals surface area contributed by atoms with Gasteiger partial charge in [0, 0.05) is 10.8 Å². The van der Waals surface area contributed by atoms with Gasteiger partial charge in [0.05, 0.1) is 16.8 Å². The van der Waals surface area contributed by atoms with Gasteiger partial charge in [-0.2, -0.15) is 0 Å². The van der Waals surface area contributed by atoms with Crippen LogP contribution in [0.5, 0.6) is 0 Å². The van der Waals surface area contributed by atoms with Gasteiger partial charge in [0.1, 0.15) is 10.6 Å². The van der Waals surface area contributed by atoms with E-state index < -0.39 is 5.82 Å². The zero-order valence-corrected chi connectivity index (χ0v) is 19.1. The minimum absolute atomic E-state index is 0.209. The Morgan fingerprint density at radius 2 is 2.09 bits per heavy atom. The molecular weight excluding hydrogens is 447 g/mol. The molecule has 1 atom stereocenters. The molecule has 0 spiro atoms. The third-order valence-corrected chi connectivity index (χ3v) is 8.20. The number of para-hydroxylation sites is 1. The van der Waals surface area contributed by atoms with Crippen molar-refractivity contribution in [1.29, 1.82) is 0 Å². The highest BCUT2D eigenvalue weighted by Crippen LogP contribution is 2.40. The van der Waals surface area contributed by atoms with Crippen LogP contribution in [0.25, 0.3) is 15.9 Å². The average molecular weight is 469 g/mol. The number of halogens is 1. The van der Waals surface area contributed by atoms with E-state index in [-0.39, 0.29) is 11.2 Å². The number of hydrogen-bond donors (Lipinski definition) is 0. The van der Waals surface area contributed by atoms with Crippen molar-refractivity contribution in [1.82, 2.24) is 19.7 Å². The molecule has 0 radical (unpaired) electrons. The molecule has 3 heterocycles. The predicted octanol–water partition coefficient (Wildman–Crippen LogP) is 5.26. The highest BCUT2D eigenvalue weighted by molar-refractivity contribution is 7.98. The van der Waals surface area contributed by atoms with Crippen molar-refractivity contribution in [3.05, 3.63) is 62.7 Å². The van der Waals surface area contributed by atoms with E-state index in [0.717, 1.165) is 42.5 Å². The minimum Gasteiger partial charge on any atom is -0.424 e. The molecule has 0 aliphatic heterocycles. The first-order chi connectivity index (χ1) is 15.6. The van der Waals surface area contributed by atoms with Gasteiger partial charge in [-0.05, 0) is 55.7 Å². The van der Waals surface area contributed by atoms with E-state index in [1.807, 2.05) is 0 Å². The van der Waals surface area contributed by atoms with Crippen LogP contribution in [-0.4, -0.2) is 19.7 Å². The van der Waals surface area contributed by atoms with Gasteiger partial charge in [-0.1, -0.05) is 30.8 Å². The first-order valence-corrected chi connectivity index (χ1v) is 12.7. The lowest BCUT2D eigenvalue weighted by molar-refractivity contribution is 0.466. The Kier molecular flexibility index (Phi) is 4.91. The summed E-state index contributed by atoms with van der Waals surface area (Å²) in [5.41, 5.74) is 1.09. The summed E-state index contributed by atoms with van der Waals surface area (Å²) >= 11 is 2.92. The molecule has 1 unspecified atom stereocenters. The molecule has 3 aromatic heterocycles. The van der Waals surface area contributed by atoms with E-state index >= 15 is 0 Å². The molecule has 1 saturated carbocycles. The summed E-state index contributed by atoms with van der Waals surface area (Å²) in [6.07, 6.45) is 5.05. The third kappa shape index (κ3) is 3.47. The van der Waals surface area contributed by atoms with Crippen LogP contribution in [-0.2, 0) is 18.6 Å². The molecule has 2 aliphatic carbocycles. The molecule has 32 heavy (non-hydrogen) atoms. The van der Waals surface area contributed by atoms with Crippen LogP contribution in [0.1, 0.15) is 54.3 Å². The number of aromatic nitrogens is 4. The zero-order chi connectivity index (χ0) is 21.8. The van der Waals surface area contributed by atoms with E-state index in [1.165, 1.54) is 27.3 Å². The number of rotatable bonds is 5. The van der Waals surface area contributed by atoms with Crippen molar-refractivity contribution in [3.63, 3.8) is 0 Å². The smallest absolute Gasteiger partial charge is 0.267 e. The lowest BCUT2D eigenvalue weighted by atomic mass is 9.89. The number of nitrogens with zero attached hydrogens (tertiary/aromatic N) is 4. The molecule has 4 aromatic rings. The van der Waals surface area contributed by atoms with Gasteiger partial charge in [-0.15, -0.1) is 21.5 Å². The van der Waals surface area contributed by atoms with Crippen molar-refractivity contribution < 1.29 is 8.81 Å². The number of thiophene rings is 1. The van der Waals surface area contributed by atoms with Crippen LogP contribution in [0, 0.1) is 11.7 Å². The second kappa shape index (κ2) is 7.81. The van der Waals surface area contributed by atoms with E-state index in [0.29, 0.717) is 39.9 Å². The number of benzene rings is 1. The van der Waals surface area contributed by atoms with E-state index in [4.69, 9.17) is 9.40 Å². The van der Waals surface area contributed by atoms with Crippen molar-refractivity contribution >= 4 is 33.3 Å². The summed E-state index contributed by atoms with van der Waals surface area (Å²) in [4.78, 5) is 20.5. The fourth-order valence-electron chi connectivity index (χ4n) is 4.26. The van der Waals surface area contributed by atoms with Gasteiger partial charge >= 0.3 is 0 Å². The van der Waals surface area contributed by atoms with Gasteiger partial charge < -0.3 is 4.42 Å². The van der Waals surface area contributed by atoms with Crippen LogP contribution >= 0.6 is 23.1 Å². The van der Waals surface area contributed by atoms with Gasteiger partial charge in [-0.3, -0.25) is 9.36 Å². The van der Waals surface area contributed by atoms with Gasteiger partial charge in [0.25, 0.3) is 5.56 Å². The summed E-state index contributed by atoms with van der Waals surface area (Å²) < 4.78 is 22.0. The number of thioether (sulfide) groups is 1. The normalized spacial score (nSPS) is 18.2. The summed E-state index contributed by atoms with van der Waals surface area (Å²) in [6.45, 7) is 2.24. The third-order valence-electron chi connectivity index (χ3n) is 6.13. The Hall–Kier alpha value is -2.52. The van der Waals surface area contributed by atoms with Crippen molar-refractivity contribution in [3.8, 4) is 5.69 Å². The quantitative estimate of drug-likeness (QED) is 0.294. The topological polar surface area (TPSA) is 73.8 Å². The van der Waals surface area contributed by atoms with E-state index in [1.54, 1.807) is 29.5 Å². The average Bonchev–Trinajstić information content (AvgIpc) is 3.40. The maximum Gasteiger partial charge on any atom is 0.267 e. The highest BCUT2D eigenvalue weighted by Gasteiger charge is 2.30. The molecule has 2 aliphatic rings. The first kappa shape index (κ1) is 20.1. The lowest BCUT2D eigenvalue weighted by Crippen LogP contribution is -2.23. The van der Waals surface area contributed by atoms with Crippen LogP contribution in [0.3, 0.4) is 0 Å². The fraction of sp³-hybridized carbons (Fsp3) is 0.391. The molecule has 6 nitrogen and oxygen atoms in total. The molecule has 6 rings (SSSR count). The Labute approximate surface area is 191 Å². The molecule has 1 aromatic carbocycles. The molecule has 0 saturated heterocycles. The molecule has 0 bridgehead atoms. The molecule has 164 valence electrons. The number of hydrogen-bond acceptors (Lipinski definition) is 7. The maximum atomic E-state index is 14.8. The zero-order valence-electron chi connectivity index (χ0n) is 17.5. The summed E-state index contributed by atoms with van der Waals surface area (Å²) in [7, 11) is 0. The number of aryl methyl sites for hydroxylation is 1. The summed E-state index contributed by atoms with van der Waals surface area (Å²) in [5, 5.41) is 9.33. The summed E-state index contributed by atoms with van der Waals surface area (Å²) in [5.74, 6) is 2.06. The fourth-order valence-corrected chi connectivity index (χ4v) is 6.53. The number of fused-ring (bicyclic) bond motifs is 3. The minimum atomic E-state index is -0.455. The van der Waals surface area contributed by atoms with E-state index in [9.17, 15) is 9.18 Å². The van der Waals surface area contributed by atoms with Crippen LogP contribution < -0.4 is 5.56 Å². The standard InChI is InChI=1S/C23H21FN4O2S2/c1-12-6-9-14-17(10-12)32-21-19(14)22(29)28(16-5-3-2-4-15(16)24)23(25-21)31-11-18-26-27-20(30-18)13-7-8-13/h2-5,12-13H,6-11H2,1H3. The molecule has 9 heteroatoms. The van der Waals surface area contributed by atoms with Gasteiger partial charge in [0.2, 0.25) is 11.8 Å². The van der Waals surface area contributed by atoms with Crippen molar-refractivity contribution in [2.45, 2.75) is 55.9 Å². The van der Waals surface area contributed by atoms with Crippen molar-refractivity contribution in [2.75, 3.05) is 0 Å². The van der Waals surface area contributed by atoms with Crippen molar-refractivity contribution in [2.24, 2.45) is 5.92 Å². The van der Waals surface area contributed by atoms with E-state index in [2.05, 4.69) is 17.1 Å². The van der Waals surface area contributed by atoms with Crippen LogP contribution in [0.2, 0.25) is 0 Å². The lowest BCUT2D eigenvalue weighted by Gasteiger charge is -2.18. The largest absolute Gasteiger partial charge is 0.424 e.